The Morgan fingerprint density at radius 1 is 1.28 bits per heavy atom. The number of thiazole rings is 1. The predicted octanol–water partition coefficient (Wildman–Crippen LogP) is 3.88. The Morgan fingerprint density at radius 2 is 2.07 bits per heavy atom. The Bertz CT molecular complexity index is 791. The molecule has 1 aromatic heterocycles. The van der Waals surface area contributed by atoms with Crippen molar-refractivity contribution in [3.8, 4) is 0 Å². The summed E-state index contributed by atoms with van der Waals surface area (Å²) in [5.41, 5.74) is 0.442. The van der Waals surface area contributed by atoms with Crippen LogP contribution < -0.4 is 10.6 Å². The van der Waals surface area contributed by atoms with Crippen molar-refractivity contribution in [2.75, 3.05) is 19.6 Å². The van der Waals surface area contributed by atoms with Gasteiger partial charge in [-0.05, 0) is 31.9 Å². The van der Waals surface area contributed by atoms with Crippen LogP contribution in [0.3, 0.4) is 0 Å². The van der Waals surface area contributed by atoms with E-state index in [0.717, 1.165) is 49.2 Å². The molecule has 29 heavy (non-hydrogen) atoms. The average Bonchev–Trinajstić information content (AvgIpc) is 3.34. The van der Waals surface area contributed by atoms with Gasteiger partial charge in [-0.15, -0.1) is 11.3 Å². The minimum absolute atomic E-state index is 0.120. The van der Waals surface area contributed by atoms with E-state index in [1.165, 1.54) is 5.56 Å². The van der Waals surface area contributed by atoms with E-state index in [1.807, 2.05) is 13.0 Å². The molecule has 2 aromatic rings. The minimum atomic E-state index is -4.41. The van der Waals surface area contributed by atoms with Crippen LogP contribution in [0.25, 0.3) is 0 Å². The topological polar surface area (TPSA) is 52.6 Å². The molecule has 1 aromatic carbocycles. The average molecular weight is 426 g/mol. The molecule has 2 N–H and O–H groups in total. The summed E-state index contributed by atoms with van der Waals surface area (Å²) >= 11 is 0.980. The molecule has 0 spiro atoms. The maximum atomic E-state index is 12.7. The smallest absolute Gasteiger partial charge is 0.357 e. The Kier molecular flexibility index (Phi) is 7.49. The lowest BCUT2D eigenvalue weighted by atomic mass is 10.2. The highest BCUT2D eigenvalue weighted by atomic mass is 32.1. The van der Waals surface area contributed by atoms with Gasteiger partial charge in [0.05, 0.1) is 6.54 Å². The number of alkyl halides is 3. The van der Waals surface area contributed by atoms with Gasteiger partial charge in [-0.3, -0.25) is 4.90 Å². The number of aromatic nitrogens is 1. The maximum absolute atomic E-state index is 12.7. The van der Waals surface area contributed by atoms with Crippen LogP contribution in [0.5, 0.6) is 0 Å². The van der Waals surface area contributed by atoms with Crippen LogP contribution in [0.4, 0.5) is 13.2 Å². The number of likely N-dealkylation sites (tertiary alicyclic amines) is 1. The summed E-state index contributed by atoms with van der Waals surface area (Å²) in [6, 6.07) is 10.8. The zero-order valence-electron chi connectivity index (χ0n) is 16.4. The number of benzene rings is 1. The molecule has 1 saturated heterocycles. The first-order valence-corrected chi connectivity index (χ1v) is 10.7. The summed E-state index contributed by atoms with van der Waals surface area (Å²) in [4.78, 5) is 10.5. The van der Waals surface area contributed by atoms with Crippen molar-refractivity contribution in [3.05, 3.63) is 52.0 Å². The molecule has 2 heterocycles. The fourth-order valence-electron chi connectivity index (χ4n) is 3.37. The lowest BCUT2D eigenvalue weighted by Crippen LogP contribution is -2.44. The number of rotatable bonds is 7. The zero-order valence-corrected chi connectivity index (χ0v) is 17.2. The molecule has 0 amide bonds. The first kappa shape index (κ1) is 21.6. The third kappa shape index (κ3) is 6.43. The normalized spacial score (nSPS) is 18.2. The van der Waals surface area contributed by atoms with Gasteiger partial charge in [-0.1, -0.05) is 30.3 Å². The molecule has 0 radical (unpaired) electrons. The van der Waals surface area contributed by atoms with Gasteiger partial charge in [0, 0.05) is 31.1 Å². The summed E-state index contributed by atoms with van der Waals surface area (Å²) in [5, 5.41) is 7.87. The van der Waals surface area contributed by atoms with Crippen LogP contribution in [0, 0.1) is 0 Å². The van der Waals surface area contributed by atoms with Crippen LogP contribution in [-0.2, 0) is 19.3 Å². The van der Waals surface area contributed by atoms with Crippen LogP contribution in [0.2, 0.25) is 0 Å². The van der Waals surface area contributed by atoms with E-state index in [9.17, 15) is 13.2 Å². The monoisotopic (exact) mass is 425 g/mol. The van der Waals surface area contributed by atoms with Gasteiger partial charge < -0.3 is 10.6 Å². The third-order valence-corrected chi connectivity index (χ3v) is 5.63. The first-order chi connectivity index (χ1) is 14.0. The molecule has 1 fully saturated rings. The second-order valence-corrected chi connectivity index (χ2v) is 7.90. The Labute approximate surface area is 173 Å². The van der Waals surface area contributed by atoms with Gasteiger partial charge in [0.15, 0.2) is 11.7 Å². The molecule has 1 aliphatic heterocycles. The predicted molar refractivity (Wildman–Crippen MR) is 110 cm³/mol. The fraction of sp³-hybridized carbons (Fsp3) is 0.500. The lowest BCUT2D eigenvalue weighted by molar-refractivity contribution is -0.140. The van der Waals surface area contributed by atoms with Crippen molar-refractivity contribution in [3.63, 3.8) is 0 Å². The molecule has 0 saturated carbocycles. The molecule has 0 aliphatic carbocycles. The van der Waals surface area contributed by atoms with Gasteiger partial charge >= 0.3 is 6.18 Å². The molecular formula is C20H26F3N5S. The molecule has 0 bridgehead atoms. The number of nitrogens with zero attached hydrogens (tertiary/aromatic N) is 3. The van der Waals surface area contributed by atoms with Crippen molar-refractivity contribution in [2.24, 2.45) is 4.99 Å². The molecule has 5 nitrogen and oxygen atoms in total. The van der Waals surface area contributed by atoms with E-state index in [4.69, 9.17) is 0 Å². The van der Waals surface area contributed by atoms with Crippen LogP contribution >= 0.6 is 11.3 Å². The largest absolute Gasteiger partial charge is 0.434 e. The number of aliphatic imine (C=N–C) groups is 1. The van der Waals surface area contributed by atoms with Gasteiger partial charge in [-0.25, -0.2) is 9.98 Å². The lowest BCUT2D eigenvalue weighted by Gasteiger charge is -2.25. The highest BCUT2D eigenvalue weighted by Gasteiger charge is 2.33. The summed E-state index contributed by atoms with van der Waals surface area (Å²) in [5.74, 6) is 0.600. The van der Waals surface area contributed by atoms with Crippen molar-refractivity contribution >= 4 is 17.3 Å². The van der Waals surface area contributed by atoms with Crippen molar-refractivity contribution in [2.45, 2.75) is 45.1 Å². The van der Waals surface area contributed by atoms with Gasteiger partial charge in [0.1, 0.15) is 5.01 Å². The second-order valence-electron chi connectivity index (χ2n) is 6.95. The standard InChI is InChI=1S/C20H26F3N5S/c1-2-24-19(26-12-18-27-17(14-29-18)20(21,22)23)25-11-16-9-6-10-28(16)13-15-7-4-3-5-8-15/h3-5,7-8,14,16H,2,6,9-13H2,1H3,(H2,24,25,26). The van der Waals surface area contributed by atoms with E-state index >= 15 is 0 Å². The Balaban J connectivity index is 1.55. The zero-order chi connectivity index (χ0) is 20.7. The molecule has 1 unspecified atom stereocenters. The molecule has 1 atom stereocenters. The van der Waals surface area contributed by atoms with Gasteiger partial charge in [0.25, 0.3) is 0 Å². The number of hydrogen-bond acceptors (Lipinski definition) is 4. The van der Waals surface area contributed by atoms with Crippen molar-refractivity contribution < 1.29 is 13.2 Å². The molecule has 3 rings (SSSR count). The SMILES string of the molecule is CCNC(=NCc1nc(C(F)(F)F)cs1)NCC1CCCN1Cc1ccccc1. The Hall–Kier alpha value is -2.13. The number of halogens is 3. The van der Waals surface area contributed by atoms with Gasteiger partial charge in [-0.2, -0.15) is 13.2 Å². The third-order valence-electron chi connectivity index (χ3n) is 4.79. The molecule has 158 valence electrons. The van der Waals surface area contributed by atoms with Crippen LogP contribution in [0.15, 0.2) is 40.7 Å². The van der Waals surface area contributed by atoms with E-state index in [-0.39, 0.29) is 6.54 Å². The quantitative estimate of drug-likeness (QED) is 0.522. The van der Waals surface area contributed by atoms with E-state index in [2.05, 4.69) is 49.8 Å². The fourth-order valence-corrected chi connectivity index (χ4v) is 4.09. The highest BCUT2D eigenvalue weighted by Crippen LogP contribution is 2.30. The van der Waals surface area contributed by atoms with Gasteiger partial charge in [0.2, 0.25) is 0 Å². The van der Waals surface area contributed by atoms with Crippen LogP contribution in [0.1, 0.15) is 36.0 Å². The van der Waals surface area contributed by atoms with Crippen molar-refractivity contribution in [1.29, 1.82) is 0 Å². The number of guanidine groups is 1. The molecule has 1 aliphatic rings. The van der Waals surface area contributed by atoms with Crippen LogP contribution in [-0.4, -0.2) is 41.5 Å². The summed E-state index contributed by atoms with van der Waals surface area (Å²) < 4.78 is 38.1. The molecule has 9 heteroatoms. The second kappa shape index (κ2) is 10.1. The first-order valence-electron chi connectivity index (χ1n) is 9.77. The minimum Gasteiger partial charge on any atom is -0.357 e. The number of nitrogens with one attached hydrogen (secondary N) is 2. The Morgan fingerprint density at radius 3 is 2.76 bits per heavy atom. The number of hydrogen-bond donors (Lipinski definition) is 2. The summed E-state index contributed by atoms with van der Waals surface area (Å²) in [6.07, 6.45) is -2.14. The molecular weight excluding hydrogens is 399 g/mol. The highest BCUT2D eigenvalue weighted by molar-refractivity contribution is 7.09. The summed E-state index contributed by atoms with van der Waals surface area (Å²) in [7, 11) is 0. The summed E-state index contributed by atoms with van der Waals surface area (Å²) in [6.45, 7) is 5.48. The van der Waals surface area contributed by atoms with E-state index in [1.54, 1.807) is 0 Å². The van der Waals surface area contributed by atoms with E-state index < -0.39 is 11.9 Å². The maximum Gasteiger partial charge on any atom is 0.434 e. The van der Waals surface area contributed by atoms with Crippen molar-refractivity contribution in [1.82, 2.24) is 20.5 Å². The van der Waals surface area contributed by atoms with E-state index in [0.29, 0.717) is 23.6 Å².